The molecule has 2 fully saturated rings. The van der Waals surface area contributed by atoms with Gasteiger partial charge >= 0.3 is 0 Å². The van der Waals surface area contributed by atoms with E-state index in [1.807, 2.05) is 24.3 Å². The topological polar surface area (TPSA) is 44.8 Å². The Bertz CT molecular complexity index is 535. The lowest BCUT2D eigenvalue weighted by molar-refractivity contribution is -0.116. The van der Waals surface area contributed by atoms with Gasteiger partial charge in [0.2, 0.25) is 5.91 Å². The minimum atomic E-state index is 0.0534. The Morgan fingerprint density at radius 1 is 1.17 bits per heavy atom. The van der Waals surface area contributed by atoms with Crippen LogP contribution in [0.15, 0.2) is 24.3 Å². The molecule has 1 aliphatic carbocycles. The van der Waals surface area contributed by atoms with E-state index in [1.54, 1.807) is 7.11 Å². The number of ether oxygens (including phenoxy) is 1. The van der Waals surface area contributed by atoms with Crippen LogP contribution < -0.4 is 10.1 Å². The first-order valence-electron chi connectivity index (χ1n) is 9.15. The second kappa shape index (κ2) is 8.49. The fraction of sp³-hybridized carbons (Fsp3) is 0.632. The van der Waals surface area contributed by atoms with Crippen molar-refractivity contribution in [2.75, 3.05) is 45.2 Å². The summed E-state index contributed by atoms with van der Waals surface area (Å²) >= 11 is 0. The Hall–Kier alpha value is -1.59. The van der Waals surface area contributed by atoms with Gasteiger partial charge in [-0.05, 0) is 25.0 Å². The number of nitrogens with one attached hydrogen (secondary N) is 1. The van der Waals surface area contributed by atoms with Crippen molar-refractivity contribution in [2.45, 2.75) is 38.1 Å². The highest BCUT2D eigenvalue weighted by atomic mass is 16.5. The molecule has 1 aromatic carbocycles. The van der Waals surface area contributed by atoms with Gasteiger partial charge in [0, 0.05) is 45.2 Å². The van der Waals surface area contributed by atoms with Gasteiger partial charge in [0.15, 0.2) is 0 Å². The minimum absolute atomic E-state index is 0.0534. The van der Waals surface area contributed by atoms with Gasteiger partial charge in [-0.1, -0.05) is 25.0 Å². The zero-order valence-corrected chi connectivity index (χ0v) is 14.7. The van der Waals surface area contributed by atoms with Gasteiger partial charge in [0.25, 0.3) is 0 Å². The fourth-order valence-corrected chi connectivity index (χ4v) is 3.84. The van der Waals surface area contributed by atoms with Crippen molar-refractivity contribution in [2.24, 2.45) is 0 Å². The van der Waals surface area contributed by atoms with E-state index in [9.17, 15) is 4.79 Å². The van der Waals surface area contributed by atoms with E-state index in [0.29, 0.717) is 12.2 Å². The molecule has 0 unspecified atom stereocenters. The number of benzene rings is 1. The zero-order chi connectivity index (χ0) is 16.8. The molecule has 5 heteroatoms. The third-order valence-corrected chi connectivity index (χ3v) is 5.28. The number of amides is 1. The van der Waals surface area contributed by atoms with Crippen LogP contribution in [0.25, 0.3) is 0 Å². The number of methoxy groups -OCH3 is 1. The van der Waals surface area contributed by atoms with Crippen LogP contribution in [0.2, 0.25) is 0 Å². The predicted octanol–water partition coefficient (Wildman–Crippen LogP) is 2.58. The van der Waals surface area contributed by atoms with Crippen molar-refractivity contribution in [1.29, 1.82) is 0 Å². The van der Waals surface area contributed by atoms with Crippen LogP contribution in [0.4, 0.5) is 5.69 Å². The summed E-state index contributed by atoms with van der Waals surface area (Å²) in [5.74, 6) is 0.758. The van der Waals surface area contributed by atoms with Gasteiger partial charge in [-0.25, -0.2) is 0 Å². The highest BCUT2D eigenvalue weighted by Gasteiger charge is 2.26. The molecule has 132 valence electrons. The number of hydrogen-bond donors (Lipinski definition) is 1. The van der Waals surface area contributed by atoms with Crippen LogP contribution in [-0.2, 0) is 4.79 Å². The highest BCUT2D eigenvalue weighted by molar-refractivity contribution is 5.92. The lowest BCUT2D eigenvalue weighted by Crippen LogP contribution is -2.50. The lowest BCUT2D eigenvalue weighted by Gasteiger charge is -2.38. The summed E-state index contributed by atoms with van der Waals surface area (Å²) in [6.45, 7) is 5.30. The van der Waals surface area contributed by atoms with Crippen LogP contribution >= 0.6 is 0 Å². The SMILES string of the molecule is COc1ccccc1NC(=O)CCN1CCN(C2CCCC2)CC1. The fourth-order valence-electron chi connectivity index (χ4n) is 3.84. The zero-order valence-electron chi connectivity index (χ0n) is 14.7. The summed E-state index contributed by atoms with van der Waals surface area (Å²) in [7, 11) is 1.62. The third-order valence-electron chi connectivity index (χ3n) is 5.28. The maximum absolute atomic E-state index is 12.2. The molecule has 0 bridgehead atoms. The molecule has 1 saturated heterocycles. The Kier molecular flexibility index (Phi) is 6.10. The van der Waals surface area contributed by atoms with Gasteiger partial charge in [-0.15, -0.1) is 0 Å². The summed E-state index contributed by atoms with van der Waals surface area (Å²) in [6.07, 6.45) is 6.08. The average molecular weight is 331 g/mol. The molecule has 1 aliphatic heterocycles. The minimum Gasteiger partial charge on any atom is -0.495 e. The van der Waals surface area contributed by atoms with Gasteiger partial charge in [0.05, 0.1) is 12.8 Å². The Labute approximate surface area is 145 Å². The number of carbonyl (C=O) groups excluding carboxylic acids is 1. The average Bonchev–Trinajstić information content (AvgIpc) is 3.15. The Morgan fingerprint density at radius 2 is 1.88 bits per heavy atom. The van der Waals surface area contributed by atoms with Crippen LogP contribution in [0, 0.1) is 0 Å². The molecule has 3 rings (SSSR count). The maximum Gasteiger partial charge on any atom is 0.225 e. The molecule has 2 aliphatic rings. The molecule has 1 N–H and O–H groups in total. The van der Waals surface area contributed by atoms with Crippen LogP contribution in [-0.4, -0.2) is 61.6 Å². The Morgan fingerprint density at radius 3 is 2.58 bits per heavy atom. The highest BCUT2D eigenvalue weighted by Crippen LogP contribution is 2.25. The molecule has 1 heterocycles. The van der Waals surface area contributed by atoms with Crippen molar-refractivity contribution >= 4 is 11.6 Å². The smallest absolute Gasteiger partial charge is 0.225 e. The van der Waals surface area contributed by atoms with E-state index in [1.165, 1.54) is 25.7 Å². The first-order chi connectivity index (χ1) is 11.8. The van der Waals surface area contributed by atoms with Gasteiger partial charge in [0.1, 0.15) is 5.75 Å². The van der Waals surface area contributed by atoms with Crippen molar-refractivity contribution in [3.8, 4) is 5.75 Å². The summed E-state index contributed by atoms with van der Waals surface area (Å²) < 4.78 is 5.27. The maximum atomic E-state index is 12.2. The molecular weight excluding hydrogens is 302 g/mol. The normalized spacial score (nSPS) is 20.2. The second-order valence-electron chi connectivity index (χ2n) is 6.81. The summed E-state index contributed by atoms with van der Waals surface area (Å²) in [4.78, 5) is 17.3. The molecule has 24 heavy (non-hydrogen) atoms. The van der Waals surface area contributed by atoms with Gasteiger partial charge in [-0.3, -0.25) is 9.69 Å². The number of nitrogens with zero attached hydrogens (tertiary/aromatic N) is 2. The van der Waals surface area contributed by atoms with Crippen molar-refractivity contribution in [3.05, 3.63) is 24.3 Å². The summed E-state index contributed by atoms with van der Waals surface area (Å²) in [5.41, 5.74) is 0.746. The molecule has 0 aromatic heterocycles. The van der Waals surface area contributed by atoms with E-state index in [4.69, 9.17) is 4.74 Å². The monoisotopic (exact) mass is 331 g/mol. The standard InChI is InChI=1S/C19H29N3O2/c1-24-18-9-5-4-8-17(18)20-19(23)10-11-21-12-14-22(15-13-21)16-6-2-3-7-16/h4-5,8-9,16H,2-3,6-7,10-15H2,1H3,(H,20,23). The number of hydrogen-bond acceptors (Lipinski definition) is 4. The van der Waals surface area contributed by atoms with E-state index in [2.05, 4.69) is 15.1 Å². The number of para-hydroxylation sites is 2. The van der Waals surface area contributed by atoms with Crippen LogP contribution in [0.1, 0.15) is 32.1 Å². The van der Waals surface area contributed by atoms with Crippen LogP contribution in [0.5, 0.6) is 5.75 Å². The van der Waals surface area contributed by atoms with E-state index in [-0.39, 0.29) is 5.91 Å². The molecule has 1 aromatic rings. The quantitative estimate of drug-likeness (QED) is 0.870. The number of anilines is 1. The molecular formula is C19H29N3O2. The first-order valence-corrected chi connectivity index (χ1v) is 9.15. The van der Waals surface area contributed by atoms with Crippen molar-refractivity contribution in [1.82, 2.24) is 9.80 Å². The van der Waals surface area contributed by atoms with E-state index >= 15 is 0 Å². The molecule has 1 saturated carbocycles. The largest absolute Gasteiger partial charge is 0.495 e. The van der Waals surface area contributed by atoms with Crippen LogP contribution in [0.3, 0.4) is 0 Å². The van der Waals surface area contributed by atoms with Gasteiger partial charge < -0.3 is 15.0 Å². The van der Waals surface area contributed by atoms with E-state index < -0.39 is 0 Å². The summed E-state index contributed by atoms with van der Waals surface area (Å²) in [6, 6.07) is 8.36. The second-order valence-corrected chi connectivity index (χ2v) is 6.81. The molecule has 0 spiro atoms. The molecule has 1 amide bonds. The van der Waals surface area contributed by atoms with Crippen molar-refractivity contribution in [3.63, 3.8) is 0 Å². The first kappa shape index (κ1) is 17.2. The Balaban J connectivity index is 1.39. The van der Waals surface area contributed by atoms with Gasteiger partial charge in [-0.2, -0.15) is 0 Å². The summed E-state index contributed by atoms with van der Waals surface area (Å²) in [5, 5.41) is 2.95. The third kappa shape index (κ3) is 4.48. The lowest BCUT2D eigenvalue weighted by atomic mass is 10.2. The number of rotatable bonds is 6. The van der Waals surface area contributed by atoms with Crippen molar-refractivity contribution < 1.29 is 9.53 Å². The predicted molar refractivity (Wildman–Crippen MR) is 96.5 cm³/mol. The molecule has 0 radical (unpaired) electrons. The molecule has 5 nitrogen and oxygen atoms in total. The number of carbonyl (C=O) groups is 1. The number of piperazine rings is 1. The van der Waals surface area contributed by atoms with E-state index in [0.717, 1.165) is 44.5 Å². The molecule has 0 atom stereocenters.